The van der Waals surface area contributed by atoms with E-state index in [2.05, 4.69) is 11.4 Å². The van der Waals surface area contributed by atoms with Crippen molar-refractivity contribution in [2.75, 3.05) is 39.9 Å². The molecule has 0 unspecified atom stereocenters. The Hall–Kier alpha value is -2.58. The largest absolute Gasteiger partial charge is 0.494 e. The summed E-state index contributed by atoms with van der Waals surface area (Å²) in [6.45, 7) is 4.62. The average molecular weight is 491 g/mol. The number of nitrogens with zero attached hydrogens (tertiary/aromatic N) is 1. The lowest BCUT2D eigenvalue weighted by molar-refractivity contribution is -0.271. The zero-order valence-corrected chi connectivity index (χ0v) is 20.2. The number of para-hydroxylation sites is 1. The molecule has 0 radical (unpaired) electrons. The molecule has 8 heteroatoms. The summed E-state index contributed by atoms with van der Waals surface area (Å²) in [5, 5.41) is 3.48. The van der Waals surface area contributed by atoms with E-state index in [0.717, 1.165) is 37.9 Å². The summed E-state index contributed by atoms with van der Waals surface area (Å²) in [6.07, 6.45) is -2.76. The predicted octanol–water partition coefficient (Wildman–Crippen LogP) is 4.88. The van der Waals surface area contributed by atoms with E-state index in [1.54, 1.807) is 6.07 Å². The van der Waals surface area contributed by atoms with Crippen molar-refractivity contribution in [3.8, 4) is 5.75 Å². The molecule has 5 nitrogen and oxygen atoms in total. The number of likely N-dealkylation sites (tertiary alicyclic amines) is 1. The first-order valence-corrected chi connectivity index (χ1v) is 12.2. The van der Waals surface area contributed by atoms with Gasteiger partial charge in [0.15, 0.2) is 0 Å². The zero-order chi connectivity index (χ0) is 25.1. The van der Waals surface area contributed by atoms with Gasteiger partial charge in [-0.05, 0) is 49.8 Å². The van der Waals surface area contributed by atoms with Crippen LogP contribution >= 0.6 is 0 Å². The van der Waals surface area contributed by atoms with Gasteiger partial charge in [-0.3, -0.25) is 4.79 Å². The third kappa shape index (κ3) is 4.54. The van der Waals surface area contributed by atoms with Crippen molar-refractivity contribution in [1.82, 2.24) is 10.2 Å². The van der Waals surface area contributed by atoms with Gasteiger partial charge in [0.1, 0.15) is 5.75 Å². The standard InChI is InChI=1S/C27H33F3N2O3/c1-3-35-23-12-8-7-11-21(23)22-19-31-16-13-25(22)14-17-32(18-15-25)24(33)26(34-2,27(28,29)30)20-9-5-4-6-10-20/h4-12,22,31H,3,13-19H2,1-2H3/t22-,26+/m0/s1. The SMILES string of the molecule is CCOc1ccccc1[C@@H]1CNCCC12CCN(C(=O)[C@](OC)(c1ccccc1)C(F)(F)F)CC2. The number of amides is 1. The molecule has 4 rings (SSSR count). The van der Waals surface area contributed by atoms with Crippen molar-refractivity contribution in [2.24, 2.45) is 5.41 Å². The van der Waals surface area contributed by atoms with Crippen LogP contribution in [-0.4, -0.2) is 56.9 Å². The lowest BCUT2D eigenvalue weighted by Gasteiger charge is -2.51. The molecule has 35 heavy (non-hydrogen) atoms. The van der Waals surface area contributed by atoms with E-state index in [4.69, 9.17) is 9.47 Å². The molecule has 1 amide bonds. The van der Waals surface area contributed by atoms with Crippen LogP contribution in [-0.2, 0) is 15.1 Å². The average Bonchev–Trinajstić information content (AvgIpc) is 2.86. The highest BCUT2D eigenvalue weighted by Gasteiger charge is 2.64. The van der Waals surface area contributed by atoms with Gasteiger partial charge in [0.05, 0.1) is 6.61 Å². The first-order chi connectivity index (χ1) is 16.8. The molecule has 0 saturated carbocycles. The predicted molar refractivity (Wildman–Crippen MR) is 127 cm³/mol. The normalized spacial score (nSPS) is 22.0. The quantitative estimate of drug-likeness (QED) is 0.628. The zero-order valence-electron chi connectivity index (χ0n) is 20.2. The fourth-order valence-electron chi connectivity index (χ4n) is 5.85. The van der Waals surface area contributed by atoms with Gasteiger partial charge in [0.25, 0.3) is 11.5 Å². The van der Waals surface area contributed by atoms with Crippen molar-refractivity contribution >= 4 is 5.91 Å². The molecule has 1 N–H and O–H groups in total. The topological polar surface area (TPSA) is 50.8 Å². The highest BCUT2D eigenvalue weighted by molar-refractivity contribution is 5.88. The van der Waals surface area contributed by atoms with Crippen LogP contribution in [0.4, 0.5) is 13.2 Å². The number of carbonyl (C=O) groups excluding carboxylic acids is 1. The first-order valence-electron chi connectivity index (χ1n) is 12.2. The fourth-order valence-corrected chi connectivity index (χ4v) is 5.85. The van der Waals surface area contributed by atoms with Crippen molar-refractivity contribution in [3.05, 3.63) is 65.7 Å². The molecule has 0 aliphatic carbocycles. The summed E-state index contributed by atoms with van der Waals surface area (Å²) in [5.74, 6) is -0.0462. The van der Waals surface area contributed by atoms with Gasteiger partial charge in [-0.2, -0.15) is 13.2 Å². The molecule has 0 aromatic heterocycles. The van der Waals surface area contributed by atoms with Gasteiger partial charge in [-0.15, -0.1) is 0 Å². The van der Waals surface area contributed by atoms with Gasteiger partial charge in [-0.1, -0.05) is 48.5 Å². The second kappa shape index (κ2) is 10.2. The van der Waals surface area contributed by atoms with E-state index >= 15 is 0 Å². The second-order valence-corrected chi connectivity index (χ2v) is 9.38. The molecule has 2 atom stereocenters. The Labute approximate surface area is 204 Å². The Balaban J connectivity index is 1.61. The molecule has 2 saturated heterocycles. The maximum Gasteiger partial charge on any atom is 0.430 e. The van der Waals surface area contributed by atoms with E-state index in [-0.39, 0.29) is 30.0 Å². The molecule has 2 fully saturated rings. The highest BCUT2D eigenvalue weighted by Crippen LogP contribution is 2.51. The van der Waals surface area contributed by atoms with Crippen LogP contribution in [0.1, 0.15) is 43.2 Å². The van der Waals surface area contributed by atoms with E-state index < -0.39 is 17.7 Å². The molecular weight excluding hydrogens is 457 g/mol. The summed E-state index contributed by atoms with van der Waals surface area (Å²) in [4.78, 5) is 14.8. The Morgan fingerprint density at radius 2 is 1.71 bits per heavy atom. The highest BCUT2D eigenvalue weighted by atomic mass is 19.4. The summed E-state index contributed by atoms with van der Waals surface area (Å²) >= 11 is 0. The number of hydrogen-bond donors (Lipinski definition) is 1. The molecule has 2 aliphatic heterocycles. The number of rotatable bonds is 6. The summed E-state index contributed by atoms with van der Waals surface area (Å²) < 4.78 is 54.2. The van der Waals surface area contributed by atoms with Crippen LogP contribution in [0, 0.1) is 5.41 Å². The number of methoxy groups -OCH3 is 1. The van der Waals surface area contributed by atoms with Crippen molar-refractivity contribution in [1.29, 1.82) is 0 Å². The molecule has 2 heterocycles. The number of nitrogens with one attached hydrogen (secondary N) is 1. The first kappa shape index (κ1) is 25.5. The van der Waals surface area contributed by atoms with Crippen LogP contribution in [0.2, 0.25) is 0 Å². The maximum atomic E-state index is 14.4. The summed E-state index contributed by atoms with van der Waals surface area (Å²) in [7, 11) is 0.956. The number of ether oxygens (including phenoxy) is 2. The molecular formula is C27H33F3N2O3. The van der Waals surface area contributed by atoms with Crippen molar-refractivity contribution in [3.63, 3.8) is 0 Å². The molecule has 2 aromatic rings. The number of benzene rings is 2. The molecule has 2 aliphatic rings. The summed E-state index contributed by atoms with van der Waals surface area (Å²) in [6, 6.07) is 15.2. The van der Waals surface area contributed by atoms with Gasteiger partial charge in [-0.25, -0.2) is 0 Å². The molecule has 2 aromatic carbocycles. The van der Waals surface area contributed by atoms with Crippen LogP contribution in [0.5, 0.6) is 5.75 Å². The number of carbonyl (C=O) groups is 1. The van der Waals surface area contributed by atoms with Gasteiger partial charge in [0, 0.05) is 38.2 Å². The second-order valence-electron chi connectivity index (χ2n) is 9.38. The third-order valence-electron chi connectivity index (χ3n) is 7.71. The number of alkyl halides is 3. The van der Waals surface area contributed by atoms with Crippen LogP contribution in [0.15, 0.2) is 54.6 Å². The van der Waals surface area contributed by atoms with Crippen molar-refractivity contribution in [2.45, 2.75) is 43.9 Å². The molecule has 0 bridgehead atoms. The molecule has 1 spiro atoms. The molecule has 190 valence electrons. The number of piperidine rings is 2. The number of halogens is 3. The minimum Gasteiger partial charge on any atom is -0.494 e. The van der Waals surface area contributed by atoms with Crippen LogP contribution < -0.4 is 10.1 Å². The minimum atomic E-state index is -4.90. The van der Waals surface area contributed by atoms with Gasteiger partial charge >= 0.3 is 6.18 Å². The third-order valence-corrected chi connectivity index (χ3v) is 7.71. The Bertz CT molecular complexity index is 1010. The minimum absolute atomic E-state index is 0.115. The van der Waals surface area contributed by atoms with E-state index in [1.165, 1.54) is 29.2 Å². The summed E-state index contributed by atoms with van der Waals surface area (Å²) in [5.41, 5.74) is -2.22. The van der Waals surface area contributed by atoms with Gasteiger partial charge in [0.2, 0.25) is 0 Å². The fraction of sp³-hybridized carbons (Fsp3) is 0.519. The maximum absolute atomic E-state index is 14.4. The van der Waals surface area contributed by atoms with Gasteiger partial charge < -0.3 is 19.7 Å². The van der Waals surface area contributed by atoms with Crippen molar-refractivity contribution < 1.29 is 27.4 Å². The van der Waals surface area contributed by atoms with E-state index in [9.17, 15) is 18.0 Å². The van der Waals surface area contributed by atoms with E-state index in [0.29, 0.717) is 19.4 Å². The Morgan fingerprint density at radius 1 is 1.06 bits per heavy atom. The Kier molecular flexibility index (Phi) is 7.43. The lowest BCUT2D eigenvalue weighted by Crippen LogP contribution is -2.59. The monoisotopic (exact) mass is 490 g/mol. The van der Waals surface area contributed by atoms with E-state index in [1.807, 2.05) is 25.1 Å². The number of hydrogen-bond acceptors (Lipinski definition) is 4. The van der Waals surface area contributed by atoms with Crippen LogP contribution in [0.25, 0.3) is 0 Å². The van der Waals surface area contributed by atoms with Crippen LogP contribution in [0.3, 0.4) is 0 Å². The smallest absolute Gasteiger partial charge is 0.430 e. The Morgan fingerprint density at radius 3 is 2.34 bits per heavy atom. The lowest BCUT2D eigenvalue weighted by atomic mass is 9.62.